The Labute approximate surface area is 146 Å². The van der Waals surface area contributed by atoms with Gasteiger partial charge in [0.2, 0.25) is 0 Å². The van der Waals surface area contributed by atoms with Gasteiger partial charge < -0.3 is 29.7 Å². The van der Waals surface area contributed by atoms with Crippen molar-refractivity contribution in [1.29, 1.82) is 0 Å². The summed E-state index contributed by atoms with van der Waals surface area (Å²) < 4.78 is 15.4. The number of aliphatic hydroxyl groups is 2. The summed E-state index contributed by atoms with van der Waals surface area (Å²) in [5.74, 6) is 0.371. The van der Waals surface area contributed by atoms with Crippen LogP contribution in [0.2, 0.25) is 0 Å². The quantitative estimate of drug-likeness (QED) is 0.634. The molecule has 0 saturated heterocycles. The number of carbonyl (C=O) groups excluding carboxylic acids is 2. The summed E-state index contributed by atoms with van der Waals surface area (Å²) in [6.07, 6.45) is -2.87. The minimum atomic E-state index is -1.42. The van der Waals surface area contributed by atoms with E-state index in [0.29, 0.717) is 11.8 Å². The van der Waals surface area contributed by atoms with Crippen LogP contribution in [0.25, 0.3) is 0 Å². The van der Waals surface area contributed by atoms with E-state index in [1.54, 1.807) is 20.8 Å². The number of methoxy groups -OCH3 is 2. The lowest BCUT2D eigenvalue weighted by Crippen LogP contribution is -2.39. The number of aldehydes is 1. The molecule has 8 heteroatoms. The Bertz CT molecular complexity index is 584. The molecule has 1 amide bonds. The summed E-state index contributed by atoms with van der Waals surface area (Å²) in [5.41, 5.74) is -0.204. The molecule has 25 heavy (non-hydrogen) atoms. The maximum absolute atomic E-state index is 11.6. The number of benzene rings is 1. The molecule has 0 aliphatic heterocycles. The van der Waals surface area contributed by atoms with Gasteiger partial charge in [-0.2, -0.15) is 0 Å². The number of hydrogen-bond acceptors (Lipinski definition) is 7. The van der Waals surface area contributed by atoms with Crippen LogP contribution in [0, 0.1) is 0 Å². The number of ether oxygens (including phenoxy) is 3. The zero-order chi connectivity index (χ0) is 19.2. The van der Waals surface area contributed by atoms with Crippen molar-refractivity contribution in [2.45, 2.75) is 38.6 Å². The van der Waals surface area contributed by atoms with Crippen LogP contribution in [-0.2, 0) is 4.74 Å². The van der Waals surface area contributed by atoms with Crippen molar-refractivity contribution in [1.82, 2.24) is 5.32 Å². The number of alkyl carbamates (subject to hydrolysis) is 1. The first-order valence-electron chi connectivity index (χ1n) is 7.67. The Kier molecular flexibility index (Phi) is 7.20. The number of carbonyl (C=O) groups is 2. The fraction of sp³-hybridized carbons (Fsp3) is 0.529. The Hall–Kier alpha value is -2.32. The molecule has 0 aliphatic carbocycles. The average Bonchev–Trinajstić information content (AvgIpc) is 2.55. The maximum Gasteiger partial charge on any atom is 0.407 e. The molecule has 0 radical (unpaired) electrons. The Morgan fingerprint density at radius 1 is 1.20 bits per heavy atom. The first kappa shape index (κ1) is 20.7. The normalized spacial score (nSPS) is 13.6. The van der Waals surface area contributed by atoms with Crippen molar-refractivity contribution in [2.24, 2.45) is 0 Å². The first-order valence-corrected chi connectivity index (χ1v) is 7.67. The van der Waals surface area contributed by atoms with E-state index < -0.39 is 23.9 Å². The highest BCUT2D eigenvalue weighted by Gasteiger charge is 2.27. The van der Waals surface area contributed by atoms with Crippen molar-refractivity contribution in [3.63, 3.8) is 0 Å². The molecule has 8 nitrogen and oxygen atoms in total. The van der Waals surface area contributed by atoms with E-state index in [4.69, 9.17) is 14.2 Å². The van der Waals surface area contributed by atoms with Gasteiger partial charge in [0.25, 0.3) is 0 Å². The molecule has 2 unspecified atom stereocenters. The molecule has 1 rings (SSSR count). The minimum absolute atomic E-state index is 0.175. The maximum atomic E-state index is 11.6. The van der Waals surface area contributed by atoms with Crippen molar-refractivity contribution in [3.8, 4) is 11.5 Å². The monoisotopic (exact) mass is 355 g/mol. The number of nitrogens with one attached hydrogen (secondary N) is 1. The molecule has 0 fully saturated rings. The van der Waals surface area contributed by atoms with Gasteiger partial charge in [0.05, 0.1) is 19.8 Å². The third-order valence-corrected chi connectivity index (χ3v) is 3.22. The molecule has 2 atom stereocenters. The van der Waals surface area contributed by atoms with Crippen molar-refractivity contribution in [3.05, 3.63) is 23.3 Å². The first-order chi connectivity index (χ1) is 11.6. The predicted molar refractivity (Wildman–Crippen MR) is 90.1 cm³/mol. The molecule has 1 aromatic rings. The van der Waals surface area contributed by atoms with E-state index in [1.165, 1.54) is 26.4 Å². The summed E-state index contributed by atoms with van der Waals surface area (Å²) >= 11 is 0. The molecule has 1 aromatic carbocycles. The number of aliphatic hydroxyl groups excluding tert-OH is 2. The van der Waals surface area contributed by atoms with E-state index >= 15 is 0 Å². The van der Waals surface area contributed by atoms with Gasteiger partial charge in [-0.1, -0.05) is 0 Å². The standard InChI is InChI=1S/C17H25NO7/c1-17(2,3)25-16(22)18-8-11(20)15(21)14-12(23-4)6-10(9-19)7-13(14)24-5/h6-7,9,11,15,20-21H,8H2,1-5H3,(H,18,22). The Balaban J connectivity index is 2.93. The van der Waals surface area contributed by atoms with Crippen LogP contribution < -0.4 is 14.8 Å². The fourth-order valence-corrected chi connectivity index (χ4v) is 2.12. The molecule has 3 N–H and O–H groups in total. The molecule has 0 aromatic heterocycles. The van der Waals surface area contributed by atoms with Gasteiger partial charge >= 0.3 is 6.09 Å². The van der Waals surface area contributed by atoms with Gasteiger partial charge in [-0.15, -0.1) is 0 Å². The molecular weight excluding hydrogens is 330 g/mol. The number of hydrogen-bond donors (Lipinski definition) is 3. The lowest BCUT2D eigenvalue weighted by atomic mass is 10.00. The van der Waals surface area contributed by atoms with Crippen LogP contribution >= 0.6 is 0 Å². The van der Waals surface area contributed by atoms with E-state index in [2.05, 4.69) is 5.32 Å². The second-order valence-electron chi connectivity index (χ2n) is 6.35. The summed E-state index contributed by atoms with van der Waals surface area (Å²) in [6.45, 7) is 4.88. The minimum Gasteiger partial charge on any atom is -0.496 e. The van der Waals surface area contributed by atoms with Gasteiger partial charge in [-0.05, 0) is 32.9 Å². The third-order valence-electron chi connectivity index (χ3n) is 3.22. The highest BCUT2D eigenvalue weighted by Crippen LogP contribution is 2.36. The Morgan fingerprint density at radius 3 is 2.12 bits per heavy atom. The van der Waals surface area contributed by atoms with Gasteiger partial charge in [0.15, 0.2) is 0 Å². The van der Waals surface area contributed by atoms with E-state index in [0.717, 1.165) is 0 Å². The zero-order valence-electron chi connectivity index (χ0n) is 15.0. The molecule has 0 heterocycles. The van der Waals surface area contributed by atoms with Gasteiger partial charge in [-0.25, -0.2) is 4.79 Å². The predicted octanol–water partition coefficient (Wildman–Crippen LogP) is 1.44. The van der Waals surface area contributed by atoms with Crippen LogP contribution in [0.1, 0.15) is 42.8 Å². The highest BCUT2D eigenvalue weighted by atomic mass is 16.6. The average molecular weight is 355 g/mol. The molecule has 140 valence electrons. The smallest absolute Gasteiger partial charge is 0.407 e. The molecule has 0 saturated carbocycles. The van der Waals surface area contributed by atoms with E-state index in [-0.39, 0.29) is 23.6 Å². The topological polar surface area (TPSA) is 114 Å². The van der Waals surface area contributed by atoms with Crippen molar-refractivity contribution in [2.75, 3.05) is 20.8 Å². The summed E-state index contributed by atoms with van der Waals surface area (Å²) in [5, 5.41) is 23.0. The lowest BCUT2D eigenvalue weighted by molar-refractivity contribution is 0.0108. The summed E-state index contributed by atoms with van der Waals surface area (Å²) in [7, 11) is 2.73. The van der Waals surface area contributed by atoms with Crippen molar-refractivity contribution < 1.29 is 34.0 Å². The summed E-state index contributed by atoms with van der Waals surface area (Å²) in [4.78, 5) is 22.6. The number of amides is 1. The molecule has 0 bridgehead atoms. The van der Waals surface area contributed by atoms with Crippen molar-refractivity contribution >= 4 is 12.4 Å². The van der Waals surface area contributed by atoms with Gasteiger partial charge in [0.1, 0.15) is 35.6 Å². The van der Waals surface area contributed by atoms with E-state index in [9.17, 15) is 19.8 Å². The fourth-order valence-electron chi connectivity index (χ4n) is 2.12. The second-order valence-corrected chi connectivity index (χ2v) is 6.35. The molecular formula is C17H25NO7. The van der Waals surface area contributed by atoms with Crippen LogP contribution in [-0.4, -0.2) is 55.1 Å². The third kappa shape index (κ3) is 5.91. The van der Waals surface area contributed by atoms with Gasteiger partial charge in [0, 0.05) is 12.1 Å². The largest absolute Gasteiger partial charge is 0.496 e. The zero-order valence-corrected chi connectivity index (χ0v) is 15.0. The van der Waals surface area contributed by atoms with Crippen LogP contribution in [0.15, 0.2) is 12.1 Å². The SMILES string of the molecule is COc1cc(C=O)cc(OC)c1C(O)C(O)CNC(=O)OC(C)(C)C. The Morgan fingerprint density at radius 2 is 1.72 bits per heavy atom. The summed E-state index contributed by atoms with van der Waals surface area (Å²) in [6, 6.07) is 2.84. The highest BCUT2D eigenvalue weighted by molar-refractivity contribution is 5.77. The molecule has 0 aliphatic rings. The van der Waals surface area contributed by atoms with E-state index in [1.807, 2.05) is 0 Å². The van der Waals surface area contributed by atoms with Gasteiger partial charge in [-0.3, -0.25) is 4.79 Å². The van der Waals surface area contributed by atoms with Crippen LogP contribution in [0.5, 0.6) is 11.5 Å². The van der Waals surface area contributed by atoms with Crippen LogP contribution in [0.3, 0.4) is 0 Å². The van der Waals surface area contributed by atoms with Crippen LogP contribution in [0.4, 0.5) is 4.79 Å². The lowest BCUT2D eigenvalue weighted by Gasteiger charge is -2.24. The molecule has 0 spiro atoms. The number of rotatable bonds is 7. The second kappa shape index (κ2) is 8.68.